The van der Waals surface area contributed by atoms with E-state index in [9.17, 15) is 0 Å². The third-order valence-corrected chi connectivity index (χ3v) is 32.7. The van der Waals surface area contributed by atoms with Crippen molar-refractivity contribution in [1.82, 2.24) is 0 Å². The summed E-state index contributed by atoms with van der Waals surface area (Å²) in [4.78, 5) is 0. The molecule has 0 N–H and O–H groups in total. The summed E-state index contributed by atoms with van der Waals surface area (Å²) in [5.41, 5.74) is 10.9. The maximum Gasteiger partial charge on any atom is -1.00 e. The summed E-state index contributed by atoms with van der Waals surface area (Å²) in [7, 11) is -1.49. The molecule has 1 aliphatic carbocycles. The van der Waals surface area contributed by atoms with Gasteiger partial charge in [-0.1, -0.05) is 0 Å². The number of rotatable bonds is 3. The number of hydrogen-bond acceptors (Lipinski definition) is 0. The summed E-state index contributed by atoms with van der Waals surface area (Å²) >= 11 is -1.88. The van der Waals surface area contributed by atoms with Crippen LogP contribution in [0.5, 0.6) is 0 Å². The minimum Gasteiger partial charge on any atom is -1.00 e. The Morgan fingerprint density at radius 3 is 2.19 bits per heavy atom. The molecule has 0 aromatic heterocycles. The van der Waals surface area contributed by atoms with Crippen molar-refractivity contribution in [3.63, 3.8) is 0 Å². The SMILES string of the molecule is CC1=Cc2c(ccc([Si](C)(C)C)c2-c2ccccc2)[CH]1[Zr+2]1[c]2cccc3c2[SiH]1c1ccccc1-3.[Cl-].[Cl-]. The van der Waals surface area contributed by atoms with Crippen LogP contribution in [0.4, 0.5) is 0 Å². The molecule has 4 aromatic rings. The maximum absolute atomic E-state index is 2.59. The van der Waals surface area contributed by atoms with Crippen molar-refractivity contribution in [3.8, 4) is 22.3 Å². The van der Waals surface area contributed by atoms with Crippen molar-refractivity contribution in [1.29, 1.82) is 0 Å². The number of benzene rings is 4. The summed E-state index contributed by atoms with van der Waals surface area (Å²) in [6.45, 7) is 9.93. The third-order valence-electron chi connectivity index (χ3n) is 8.18. The van der Waals surface area contributed by atoms with E-state index in [2.05, 4.69) is 118 Å². The fraction of sp³-hybridized carbons (Fsp3) is 0.161. The van der Waals surface area contributed by atoms with Crippen LogP contribution in [0.3, 0.4) is 0 Å². The first-order chi connectivity index (χ1) is 16.4. The third kappa shape index (κ3) is 3.62. The molecule has 2 unspecified atom stereocenters. The molecule has 3 aliphatic rings. The molecular weight excluding hydrogens is 591 g/mol. The Morgan fingerprint density at radius 1 is 0.750 bits per heavy atom. The van der Waals surface area contributed by atoms with Crippen molar-refractivity contribution in [2.45, 2.75) is 30.2 Å². The smallest absolute Gasteiger partial charge is 1.00 e. The van der Waals surface area contributed by atoms with Crippen LogP contribution >= 0.6 is 0 Å². The topological polar surface area (TPSA) is 0 Å². The number of fused-ring (bicyclic) bond motifs is 4. The van der Waals surface area contributed by atoms with Crippen LogP contribution in [0.15, 0.2) is 90.5 Å². The van der Waals surface area contributed by atoms with E-state index in [1.54, 1.807) is 38.2 Å². The van der Waals surface area contributed by atoms with Gasteiger partial charge in [0, 0.05) is 0 Å². The number of allylic oxidation sites excluding steroid dienone is 1. The van der Waals surface area contributed by atoms with E-state index in [4.69, 9.17) is 0 Å². The maximum atomic E-state index is 2.59. The van der Waals surface area contributed by atoms with E-state index in [-0.39, 0.29) is 24.8 Å². The molecule has 36 heavy (non-hydrogen) atoms. The van der Waals surface area contributed by atoms with Gasteiger partial charge >= 0.3 is 214 Å². The Labute approximate surface area is 236 Å². The average Bonchev–Trinajstić information content (AvgIpc) is 3.32. The van der Waals surface area contributed by atoms with Gasteiger partial charge in [0.15, 0.2) is 0 Å². The summed E-state index contributed by atoms with van der Waals surface area (Å²) in [5.74, 6) is -1.02. The van der Waals surface area contributed by atoms with Crippen molar-refractivity contribution in [2.24, 2.45) is 0 Å². The Kier molecular flexibility index (Phi) is 6.80. The van der Waals surface area contributed by atoms with Crippen molar-refractivity contribution in [3.05, 3.63) is 102 Å². The first kappa shape index (κ1) is 26.1. The van der Waals surface area contributed by atoms with Gasteiger partial charge in [-0.15, -0.1) is 0 Å². The number of halogens is 2. The standard InChI is InChI=1S/C19H21Si.C12H8Si.2ClH.Zr/c1-14-12-16-10-11-18(20(2,3)4)19(17(16)13-14)15-8-6-5-7-9-15;1-3-7-11-9(5-1)10-6-2-4-8-12(10)13-11;;;/h5-13H,1-4H3;1-7,13H;2*1H;/q;;;;+2/p-2. The largest absolute Gasteiger partial charge is 1.00 e. The average molecular weight is 620 g/mol. The van der Waals surface area contributed by atoms with Crippen LogP contribution in [0.25, 0.3) is 28.3 Å². The fourth-order valence-corrected chi connectivity index (χ4v) is 34.8. The molecule has 2 aliphatic heterocycles. The molecule has 7 rings (SSSR count). The fourth-order valence-electron chi connectivity index (χ4n) is 6.79. The molecule has 0 nitrogen and oxygen atoms in total. The van der Waals surface area contributed by atoms with Crippen molar-refractivity contribution < 1.29 is 45.7 Å². The molecule has 0 spiro atoms. The molecular formula is C31H29Cl2Si2Zr. The first-order valence-corrected chi connectivity index (χ1v) is 24.6. The van der Waals surface area contributed by atoms with E-state index >= 15 is 0 Å². The Hall–Kier alpha value is -1.48. The van der Waals surface area contributed by atoms with E-state index in [1.807, 2.05) is 8.46 Å². The van der Waals surface area contributed by atoms with Gasteiger partial charge in [0.2, 0.25) is 0 Å². The van der Waals surface area contributed by atoms with Gasteiger partial charge in [0.25, 0.3) is 0 Å². The summed E-state index contributed by atoms with van der Waals surface area (Å²) < 4.78 is 2.54. The normalized spacial score (nSPS) is 18.2. The molecule has 5 heteroatoms. The zero-order chi connectivity index (χ0) is 23.2. The monoisotopic (exact) mass is 617 g/mol. The summed E-state index contributed by atoms with van der Waals surface area (Å²) in [6, 6.07) is 32.9. The Bertz CT molecular complexity index is 1520. The Morgan fingerprint density at radius 2 is 1.44 bits per heavy atom. The molecule has 0 amide bonds. The van der Waals surface area contributed by atoms with Gasteiger partial charge in [-0.3, -0.25) is 0 Å². The Balaban J connectivity index is 0.00000133. The van der Waals surface area contributed by atoms with Gasteiger partial charge in [0.1, 0.15) is 0 Å². The molecule has 2 atom stereocenters. The second-order valence-corrected chi connectivity index (χ2v) is 31.2. The van der Waals surface area contributed by atoms with Crippen LogP contribution in [-0.2, 0) is 20.9 Å². The summed E-state index contributed by atoms with van der Waals surface area (Å²) in [6.07, 6.45) is 2.59. The molecule has 0 fully saturated rings. The second-order valence-electron chi connectivity index (χ2n) is 11.2. The van der Waals surface area contributed by atoms with Crippen LogP contribution in [-0.4, -0.2) is 14.0 Å². The van der Waals surface area contributed by atoms with Gasteiger partial charge in [-0.25, -0.2) is 0 Å². The molecule has 0 saturated heterocycles. The summed E-state index contributed by atoms with van der Waals surface area (Å²) in [5, 5.41) is 5.19. The van der Waals surface area contributed by atoms with E-state index < -0.39 is 34.9 Å². The number of hydrogen-bond donors (Lipinski definition) is 0. The van der Waals surface area contributed by atoms with Crippen molar-refractivity contribution in [2.75, 3.05) is 0 Å². The zero-order valence-electron chi connectivity index (χ0n) is 21.1. The minimum atomic E-state index is -1.88. The predicted octanol–water partition coefficient (Wildman–Crippen LogP) is -0.859. The molecule has 4 aromatic carbocycles. The van der Waals surface area contributed by atoms with Crippen LogP contribution in [0.2, 0.25) is 19.6 Å². The molecule has 0 bridgehead atoms. The predicted molar refractivity (Wildman–Crippen MR) is 149 cm³/mol. The zero-order valence-corrected chi connectivity index (χ0v) is 27.2. The van der Waals surface area contributed by atoms with Crippen LogP contribution in [0.1, 0.15) is 21.7 Å². The van der Waals surface area contributed by atoms with E-state index in [1.165, 1.54) is 11.1 Å². The van der Waals surface area contributed by atoms with Crippen LogP contribution < -0.4 is 43.6 Å². The minimum absolute atomic E-state index is 0. The van der Waals surface area contributed by atoms with Gasteiger partial charge in [0.05, 0.1) is 0 Å². The molecule has 179 valence electrons. The van der Waals surface area contributed by atoms with Crippen molar-refractivity contribution >= 4 is 38.9 Å². The second kappa shape index (κ2) is 9.36. The molecule has 2 heterocycles. The van der Waals surface area contributed by atoms with Gasteiger partial charge < -0.3 is 24.8 Å². The van der Waals surface area contributed by atoms with Gasteiger partial charge in [-0.2, -0.15) is 0 Å². The van der Waals surface area contributed by atoms with E-state index in [0.717, 1.165) is 0 Å². The van der Waals surface area contributed by atoms with Crippen LogP contribution in [0, 0.1) is 0 Å². The van der Waals surface area contributed by atoms with Gasteiger partial charge in [-0.05, 0) is 0 Å². The molecule has 0 radical (unpaired) electrons. The van der Waals surface area contributed by atoms with E-state index in [0.29, 0.717) is 3.63 Å². The quantitative estimate of drug-likeness (QED) is 0.262. The first-order valence-electron chi connectivity index (χ1n) is 12.5. The molecule has 0 saturated carbocycles.